The highest BCUT2D eigenvalue weighted by Crippen LogP contribution is 2.34. The minimum Gasteiger partial charge on any atom is -0.325 e. The highest BCUT2D eigenvalue weighted by Gasteiger charge is 2.25. The molecule has 21 heavy (non-hydrogen) atoms. The summed E-state index contributed by atoms with van der Waals surface area (Å²) >= 11 is 1.57. The van der Waals surface area contributed by atoms with Crippen molar-refractivity contribution in [2.45, 2.75) is 30.6 Å². The van der Waals surface area contributed by atoms with E-state index in [1.165, 1.54) is 4.31 Å². The number of fused-ring (bicyclic) bond motifs is 1. The lowest BCUT2D eigenvalue weighted by Crippen LogP contribution is -2.30. The van der Waals surface area contributed by atoms with E-state index in [4.69, 9.17) is 0 Å². The van der Waals surface area contributed by atoms with Crippen LogP contribution in [0.4, 0.5) is 5.69 Å². The summed E-state index contributed by atoms with van der Waals surface area (Å²) in [6.45, 7) is 6.33. The van der Waals surface area contributed by atoms with Crippen molar-refractivity contribution in [1.82, 2.24) is 4.31 Å². The van der Waals surface area contributed by atoms with Gasteiger partial charge in [0.05, 0.1) is 10.6 Å². The molecule has 0 fully saturated rings. The van der Waals surface area contributed by atoms with Crippen LogP contribution in [-0.4, -0.2) is 37.5 Å². The molecule has 5 nitrogen and oxygen atoms in total. The number of carbonyl (C=O) groups excluding carboxylic acids is 1. The van der Waals surface area contributed by atoms with Crippen molar-refractivity contribution < 1.29 is 13.2 Å². The number of nitrogens with one attached hydrogen (secondary N) is 1. The number of thioether (sulfide) groups is 1. The SMILES string of the molecule is CCN(CC)S(=O)(=O)c1ccc2c(c1)NC(=O)[C@@H](C)CS2. The molecule has 0 unspecified atom stereocenters. The van der Waals surface area contributed by atoms with Gasteiger partial charge in [0.2, 0.25) is 15.9 Å². The molecule has 1 atom stereocenters. The highest BCUT2D eigenvalue weighted by molar-refractivity contribution is 7.99. The second kappa shape index (κ2) is 6.37. The largest absolute Gasteiger partial charge is 0.325 e. The molecule has 116 valence electrons. The summed E-state index contributed by atoms with van der Waals surface area (Å²) in [5, 5.41) is 2.82. The Kier molecular flexibility index (Phi) is 4.95. The van der Waals surface area contributed by atoms with E-state index in [1.54, 1.807) is 30.0 Å². The van der Waals surface area contributed by atoms with Crippen molar-refractivity contribution in [3.8, 4) is 0 Å². The van der Waals surface area contributed by atoms with E-state index in [0.717, 1.165) is 4.90 Å². The maximum absolute atomic E-state index is 12.5. The summed E-state index contributed by atoms with van der Waals surface area (Å²) in [7, 11) is -3.50. The molecular formula is C14H20N2O3S2. The van der Waals surface area contributed by atoms with E-state index in [-0.39, 0.29) is 16.7 Å². The molecule has 0 aromatic heterocycles. The zero-order valence-corrected chi connectivity index (χ0v) is 14.1. The van der Waals surface area contributed by atoms with Crippen molar-refractivity contribution in [3.05, 3.63) is 18.2 Å². The first-order valence-electron chi connectivity index (χ1n) is 6.98. The molecule has 2 rings (SSSR count). The number of sulfonamides is 1. The van der Waals surface area contributed by atoms with Crippen LogP contribution in [0.25, 0.3) is 0 Å². The molecule has 1 N–H and O–H groups in total. The third-order valence-electron chi connectivity index (χ3n) is 3.49. The second-order valence-electron chi connectivity index (χ2n) is 4.95. The molecule has 1 aromatic carbocycles. The Hall–Kier alpha value is -1.05. The molecule has 0 spiro atoms. The molecule has 0 radical (unpaired) electrons. The first-order chi connectivity index (χ1) is 9.90. The molecule has 1 aliphatic rings. The smallest absolute Gasteiger partial charge is 0.243 e. The van der Waals surface area contributed by atoms with E-state index in [2.05, 4.69) is 5.32 Å². The molecule has 0 bridgehead atoms. The number of nitrogens with zero attached hydrogens (tertiary/aromatic N) is 1. The third-order valence-corrected chi connectivity index (χ3v) is 6.87. The number of carbonyl (C=O) groups is 1. The zero-order chi connectivity index (χ0) is 15.6. The fraction of sp³-hybridized carbons (Fsp3) is 0.500. The van der Waals surface area contributed by atoms with E-state index in [1.807, 2.05) is 20.8 Å². The highest BCUT2D eigenvalue weighted by atomic mass is 32.2. The Morgan fingerprint density at radius 3 is 2.62 bits per heavy atom. The molecule has 1 heterocycles. The predicted octanol–water partition coefficient (Wildman–Crippen LogP) is 2.40. The number of anilines is 1. The van der Waals surface area contributed by atoms with Gasteiger partial charge in [0.15, 0.2) is 0 Å². The second-order valence-corrected chi connectivity index (χ2v) is 7.95. The van der Waals surface area contributed by atoms with Gasteiger partial charge >= 0.3 is 0 Å². The van der Waals surface area contributed by atoms with Crippen molar-refractivity contribution in [3.63, 3.8) is 0 Å². The summed E-state index contributed by atoms with van der Waals surface area (Å²) in [6.07, 6.45) is 0. The quantitative estimate of drug-likeness (QED) is 0.921. The van der Waals surface area contributed by atoms with Gasteiger partial charge in [-0.15, -0.1) is 11.8 Å². The summed E-state index contributed by atoms with van der Waals surface area (Å²) in [5.74, 6) is 0.532. The molecule has 0 saturated carbocycles. The number of rotatable bonds is 4. The maximum atomic E-state index is 12.5. The van der Waals surface area contributed by atoms with Crippen molar-refractivity contribution in [2.24, 2.45) is 5.92 Å². The van der Waals surface area contributed by atoms with Crippen LogP contribution in [0.2, 0.25) is 0 Å². The predicted molar refractivity (Wildman–Crippen MR) is 85.1 cm³/mol. The Balaban J connectivity index is 2.42. The lowest BCUT2D eigenvalue weighted by Gasteiger charge is -2.19. The standard InChI is InChI=1S/C14H20N2O3S2/c1-4-16(5-2)21(18,19)11-6-7-13-12(8-11)15-14(17)10(3)9-20-13/h6-8,10H,4-5,9H2,1-3H3,(H,15,17)/t10-/m0/s1. The lowest BCUT2D eigenvalue weighted by atomic mass is 10.2. The van der Waals surface area contributed by atoms with Crippen molar-refractivity contribution >= 4 is 33.4 Å². The van der Waals surface area contributed by atoms with Gasteiger partial charge in [-0.1, -0.05) is 20.8 Å². The van der Waals surface area contributed by atoms with Crippen molar-refractivity contribution in [2.75, 3.05) is 24.2 Å². The molecular weight excluding hydrogens is 308 g/mol. The zero-order valence-electron chi connectivity index (χ0n) is 12.4. The van der Waals surface area contributed by atoms with Gasteiger partial charge in [0, 0.05) is 29.7 Å². The average Bonchev–Trinajstić information content (AvgIpc) is 2.59. The fourth-order valence-electron chi connectivity index (χ4n) is 2.15. The van der Waals surface area contributed by atoms with E-state index >= 15 is 0 Å². The van der Waals surface area contributed by atoms with Crippen molar-refractivity contribution in [1.29, 1.82) is 0 Å². The van der Waals surface area contributed by atoms with Crippen LogP contribution in [-0.2, 0) is 14.8 Å². The Morgan fingerprint density at radius 2 is 2.00 bits per heavy atom. The normalized spacial score (nSPS) is 19.0. The number of amides is 1. The van der Waals surface area contributed by atoms with Crippen LogP contribution in [0.3, 0.4) is 0 Å². The average molecular weight is 328 g/mol. The van der Waals surface area contributed by atoms with Crippen LogP contribution in [0.15, 0.2) is 28.0 Å². The van der Waals surface area contributed by atoms with E-state index in [9.17, 15) is 13.2 Å². The van der Waals surface area contributed by atoms with E-state index < -0.39 is 10.0 Å². The number of hydrogen-bond donors (Lipinski definition) is 1. The molecule has 1 aromatic rings. The Morgan fingerprint density at radius 1 is 1.33 bits per heavy atom. The van der Waals surface area contributed by atoms with Crippen LogP contribution >= 0.6 is 11.8 Å². The molecule has 1 aliphatic heterocycles. The van der Waals surface area contributed by atoms with Gasteiger partial charge in [0.1, 0.15) is 0 Å². The third kappa shape index (κ3) is 3.25. The minimum absolute atomic E-state index is 0.0707. The molecule has 7 heteroatoms. The lowest BCUT2D eigenvalue weighted by molar-refractivity contribution is -0.118. The monoisotopic (exact) mass is 328 g/mol. The van der Waals surface area contributed by atoms with Crippen LogP contribution in [0.5, 0.6) is 0 Å². The molecule has 0 aliphatic carbocycles. The summed E-state index contributed by atoms with van der Waals surface area (Å²) < 4.78 is 26.4. The molecule has 1 amide bonds. The van der Waals surface area contributed by atoms with E-state index in [0.29, 0.717) is 24.5 Å². The van der Waals surface area contributed by atoms with Gasteiger partial charge in [-0.25, -0.2) is 8.42 Å². The summed E-state index contributed by atoms with van der Waals surface area (Å²) in [4.78, 5) is 13.0. The van der Waals surface area contributed by atoms with Gasteiger partial charge in [0.25, 0.3) is 0 Å². The first kappa shape index (κ1) is 16.3. The molecule has 0 saturated heterocycles. The van der Waals surface area contributed by atoms with Gasteiger partial charge in [-0.2, -0.15) is 4.31 Å². The summed E-state index contributed by atoms with van der Waals surface area (Å²) in [5.41, 5.74) is 0.586. The summed E-state index contributed by atoms with van der Waals surface area (Å²) in [6, 6.07) is 4.95. The van der Waals surface area contributed by atoms with Gasteiger partial charge in [-0.05, 0) is 18.2 Å². The van der Waals surface area contributed by atoms with Gasteiger partial charge < -0.3 is 5.32 Å². The van der Waals surface area contributed by atoms with Crippen LogP contribution in [0.1, 0.15) is 20.8 Å². The van der Waals surface area contributed by atoms with Crippen LogP contribution in [0, 0.1) is 5.92 Å². The fourth-order valence-corrected chi connectivity index (χ4v) is 4.65. The van der Waals surface area contributed by atoms with Crippen LogP contribution < -0.4 is 5.32 Å². The Bertz CT molecular complexity index is 640. The number of benzene rings is 1. The van der Waals surface area contributed by atoms with Gasteiger partial charge in [-0.3, -0.25) is 4.79 Å². The maximum Gasteiger partial charge on any atom is 0.243 e. The topological polar surface area (TPSA) is 66.5 Å². The Labute approximate surface area is 130 Å². The minimum atomic E-state index is -3.50. The first-order valence-corrected chi connectivity index (χ1v) is 9.40. The number of hydrogen-bond acceptors (Lipinski definition) is 4.